The Morgan fingerprint density at radius 3 is 2.45 bits per heavy atom. The number of aromatic amines is 1. The molecule has 6 aromatic rings. The van der Waals surface area contributed by atoms with Crippen LogP contribution in [0, 0.1) is 17.0 Å². The van der Waals surface area contributed by atoms with Gasteiger partial charge < -0.3 is 14.9 Å². The largest absolute Gasteiger partial charge is 0.384 e. The minimum atomic E-state index is -0.509. The molecule has 0 radical (unpaired) electrons. The summed E-state index contributed by atoms with van der Waals surface area (Å²) in [4.78, 5) is 13.1. The van der Waals surface area contributed by atoms with Crippen molar-refractivity contribution >= 4 is 40.0 Å². The van der Waals surface area contributed by atoms with E-state index in [0.29, 0.717) is 39.6 Å². The number of nitrogens with zero attached hydrogens (tertiary/aromatic N) is 4. The number of halogens is 3. The number of amidine groups is 1. The standard InChI is InChI=1S/C27H21F2N7O.ClH/c1-34-13-21(19-10-17(28)5-7-22(19)34)26-32-33-27(37)36(26)24-14-35(23-8-6-18(29)11-20(23)24)12-15-3-2-4-16(9-15)25(30)31;/h2-11,13-14H,12H2,1H3,(H3,30,31)(H,33,37);1H. The summed E-state index contributed by atoms with van der Waals surface area (Å²) in [5.41, 5.74) is 9.08. The van der Waals surface area contributed by atoms with Gasteiger partial charge in [0, 0.05) is 53.4 Å². The van der Waals surface area contributed by atoms with Crippen LogP contribution in [0.2, 0.25) is 0 Å². The molecule has 0 aliphatic rings. The molecule has 0 fully saturated rings. The third-order valence-corrected chi connectivity index (χ3v) is 6.52. The lowest BCUT2D eigenvalue weighted by atomic mass is 10.1. The first-order chi connectivity index (χ1) is 17.8. The molecule has 0 spiro atoms. The van der Waals surface area contributed by atoms with Crippen LogP contribution in [0.5, 0.6) is 0 Å². The van der Waals surface area contributed by atoms with Gasteiger partial charge in [0.1, 0.15) is 17.5 Å². The average molecular weight is 534 g/mol. The van der Waals surface area contributed by atoms with E-state index < -0.39 is 17.3 Å². The number of rotatable bonds is 5. The summed E-state index contributed by atoms with van der Waals surface area (Å²) in [6.07, 6.45) is 3.54. The molecule has 0 aliphatic carbocycles. The summed E-state index contributed by atoms with van der Waals surface area (Å²) < 4.78 is 33.7. The third-order valence-electron chi connectivity index (χ3n) is 6.52. The molecule has 0 amide bonds. The van der Waals surface area contributed by atoms with Gasteiger partial charge in [-0.05, 0) is 48.0 Å². The number of fused-ring (bicyclic) bond motifs is 2. The molecule has 3 heterocycles. The average Bonchev–Trinajstić information content (AvgIpc) is 3.51. The van der Waals surface area contributed by atoms with Crippen LogP contribution >= 0.6 is 12.4 Å². The van der Waals surface area contributed by atoms with Crippen molar-refractivity contribution in [1.82, 2.24) is 23.9 Å². The van der Waals surface area contributed by atoms with Crippen molar-refractivity contribution in [2.75, 3.05) is 0 Å². The maximum Gasteiger partial charge on any atom is 0.348 e. The van der Waals surface area contributed by atoms with Gasteiger partial charge in [0.2, 0.25) is 0 Å². The van der Waals surface area contributed by atoms with Crippen molar-refractivity contribution in [3.8, 4) is 17.1 Å². The zero-order valence-electron chi connectivity index (χ0n) is 20.1. The number of hydrogen-bond donors (Lipinski definition) is 3. The first-order valence-electron chi connectivity index (χ1n) is 11.4. The zero-order valence-corrected chi connectivity index (χ0v) is 20.9. The smallest absolute Gasteiger partial charge is 0.348 e. The molecule has 3 aromatic heterocycles. The molecule has 0 aliphatic heterocycles. The molecule has 38 heavy (non-hydrogen) atoms. The first kappa shape index (κ1) is 25.0. The van der Waals surface area contributed by atoms with E-state index in [2.05, 4.69) is 10.2 Å². The highest BCUT2D eigenvalue weighted by atomic mass is 35.5. The lowest BCUT2D eigenvalue weighted by Crippen LogP contribution is -2.15. The summed E-state index contributed by atoms with van der Waals surface area (Å²) in [5, 5.41) is 15.6. The quantitative estimate of drug-likeness (QED) is 0.220. The van der Waals surface area contributed by atoms with Gasteiger partial charge >= 0.3 is 5.69 Å². The van der Waals surface area contributed by atoms with Crippen molar-refractivity contribution in [2.45, 2.75) is 6.54 Å². The van der Waals surface area contributed by atoms with E-state index >= 15 is 0 Å². The second-order valence-corrected chi connectivity index (χ2v) is 8.92. The molecule has 0 saturated carbocycles. The minimum absolute atomic E-state index is 0. The van der Waals surface area contributed by atoms with Gasteiger partial charge in [-0.1, -0.05) is 18.2 Å². The lowest BCUT2D eigenvalue weighted by molar-refractivity contribution is 0.629. The van der Waals surface area contributed by atoms with Gasteiger partial charge in [-0.15, -0.1) is 12.4 Å². The van der Waals surface area contributed by atoms with Crippen molar-refractivity contribution in [1.29, 1.82) is 5.41 Å². The van der Waals surface area contributed by atoms with Gasteiger partial charge in [0.25, 0.3) is 0 Å². The Hall–Kier alpha value is -4.70. The van der Waals surface area contributed by atoms with Crippen LogP contribution in [0.3, 0.4) is 0 Å². The van der Waals surface area contributed by atoms with Crippen LogP contribution < -0.4 is 11.4 Å². The number of nitrogens with two attached hydrogens (primary N) is 1. The number of benzene rings is 3. The molecule has 0 atom stereocenters. The Kier molecular flexibility index (Phi) is 6.12. The van der Waals surface area contributed by atoms with Gasteiger partial charge in [0.05, 0.1) is 11.2 Å². The molecule has 3 aromatic carbocycles. The van der Waals surface area contributed by atoms with Crippen molar-refractivity contribution in [3.05, 3.63) is 106 Å². The molecule has 0 saturated heterocycles. The van der Waals surface area contributed by atoms with E-state index in [1.54, 1.807) is 30.6 Å². The van der Waals surface area contributed by atoms with Crippen LogP contribution in [-0.2, 0) is 13.6 Å². The summed E-state index contributed by atoms with van der Waals surface area (Å²) in [6, 6.07) is 16.1. The number of aryl methyl sites for hydroxylation is 1. The Bertz CT molecular complexity index is 1910. The number of H-pyrrole nitrogens is 1. The van der Waals surface area contributed by atoms with Gasteiger partial charge in [-0.2, -0.15) is 5.10 Å². The van der Waals surface area contributed by atoms with Gasteiger partial charge in [0.15, 0.2) is 5.82 Å². The highest BCUT2D eigenvalue weighted by molar-refractivity contribution is 5.96. The van der Waals surface area contributed by atoms with E-state index in [-0.39, 0.29) is 24.1 Å². The Labute approximate surface area is 220 Å². The predicted molar refractivity (Wildman–Crippen MR) is 145 cm³/mol. The molecule has 4 N–H and O–H groups in total. The number of hydrogen-bond acceptors (Lipinski definition) is 3. The van der Waals surface area contributed by atoms with Gasteiger partial charge in [-0.3, -0.25) is 5.41 Å². The topological polar surface area (TPSA) is 110 Å². The minimum Gasteiger partial charge on any atom is -0.384 e. The second kappa shape index (κ2) is 9.31. The maximum atomic E-state index is 14.4. The van der Waals surface area contributed by atoms with Crippen LogP contribution in [-0.4, -0.2) is 29.7 Å². The first-order valence-corrected chi connectivity index (χ1v) is 11.4. The molecule has 0 bridgehead atoms. The summed E-state index contributed by atoms with van der Waals surface area (Å²) in [7, 11) is 1.83. The Morgan fingerprint density at radius 2 is 1.71 bits per heavy atom. The van der Waals surface area contributed by atoms with Crippen LogP contribution in [0.25, 0.3) is 38.9 Å². The van der Waals surface area contributed by atoms with E-state index in [0.717, 1.165) is 11.1 Å². The fourth-order valence-electron chi connectivity index (χ4n) is 4.84. The van der Waals surface area contributed by atoms with Gasteiger partial charge in [-0.25, -0.2) is 23.2 Å². The summed E-state index contributed by atoms with van der Waals surface area (Å²) >= 11 is 0. The maximum absolute atomic E-state index is 14.4. The summed E-state index contributed by atoms with van der Waals surface area (Å²) in [5.74, 6) is -0.613. The molecule has 6 rings (SSSR count). The highest BCUT2D eigenvalue weighted by Crippen LogP contribution is 2.33. The van der Waals surface area contributed by atoms with Crippen molar-refractivity contribution in [2.24, 2.45) is 12.8 Å². The fourth-order valence-corrected chi connectivity index (χ4v) is 4.84. The van der Waals surface area contributed by atoms with E-state index in [1.165, 1.54) is 28.8 Å². The monoisotopic (exact) mass is 533 g/mol. The second-order valence-electron chi connectivity index (χ2n) is 8.92. The van der Waals surface area contributed by atoms with E-state index in [1.807, 2.05) is 34.4 Å². The number of aromatic nitrogens is 5. The fraction of sp³-hybridized carbons (Fsp3) is 0.0741. The lowest BCUT2D eigenvalue weighted by Gasteiger charge is -2.07. The molecule has 11 heteroatoms. The van der Waals surface area contributed by atoms with Crippen LogP contribution in [0.4, 0.5) is 8.78 Å². The van der Waals surface area contributed by atoms with E-state index in [9.17, 15) is 13.6 Å². The number of nitrogens with one attached hydrogen (secondary N) is 2. The van der Waals surface area contributed by atoms with Crippen LogP contribution in [0.15, 0.2) is 77.9 Å². The van der Waals surface area contributed by atoms with Crippen molar-refractivity contribution < 1.29 is 8.78 Å². The predicted octanol–water partition coefficient (Wildman–Crippen LogP) is 4.71. The third kappa shape index (κ3) is 4.04. The zero-order chi connectivity index (χ0) is 25.8. The highest BCUT2D eigenvalue weighted by Gasteiger charge is 2.21. The summed E-state index contributed by atoms with van der Waals surface area (Å²) in [6.45, 7) is 0.394. The Balaban J connectivity index is 0.00000294. The van der Waals surface area contributed by atoms with Crippen LogP contribution in [0.1, 0.15) is 11.1 Å². The Morgan fingerprint density at radius 1 is 1.00 bits per heavy atom. The number of nitrogen functional groups attached to an aromatic ring is 1. The SMILES string of the molecule is Cl.Cn1cc(-c2n[nH]c(=O)n2-c2cn(Cc3cccc(C(=N)N)c3)c3ccc(F)cc23)c2cc(F)ccc21. The van der Waals surface area contributed by atoms with Crippen molar-refractivity contribution in [3.63, 3.8) is 0 Å². The molecule has 192 valence electrons. The normalized spacial score (nSPS) is 11.2. The molecule has 8 nitrogen and oxygen atoms in total. The molecular formula is C27H22ClF2N7O. The molecular weight excluding hydrogens is 512 g/mol. The van der Waals surface area contributed by atoms with E-state index in [4.69, 9.17) is 11.1 Å². The molecule has 0 unspecified atom stereocenters.